The van der Waals surface area contributed by atoms with Gasteiger partial charge in [0.05, 0.1) is 11.7 Å². The summed E-state index contributed by atoms with van der Waals surface area (Å²) >= 11 is 0. The number of nitrogens with zero attached hydrogens (tertiary/aromatic N) is 1. The monoisotopic (exact) mass is 320 g/mol. The summed E-state index contributed by atoms with van der Waals surface area (Å²) in [6, 6.07) is 20.4. The minimum atomic E-state index is -0.192. The zero-order valence-corrected chi connectivity index (χ0v) is 13.7. The second-order valence-corrected chi connectivity index (χ2v) is 5.84. The normalized spacial score (nSPS) is 11.9. The second-order valence-electron chi connectivity index (χ2n) is 5.84. The van der Waals surface area contributed by atoms with Gasteiger partial charge in [-0.15, -0.1) is 0 Å². The topological polar surface area (TPSA) is 52.6 Å². The van der Waals surface area contributed by atoms with Crippen molar-refractivity contribution >= 4 is 22.5 Å². The lowest BCUT2D eigenvalue weighted by atomic mass is 10.1. The summed E-state index contributed by atoms with van der Waals surface area (Å²) in [6.07, 6.45) is 0. The molecule has 3 aromatic rings. The molecule has 4 heteroatoms. The van der Waals surface area contributed by atoms with Crippen LogP contribution in [0.5, 0.6) is 5.75 Å². The van der Waals surface area contributed by atoms with E-state index in [1.54, 1.807) is 30.1 Å². The van der Waals surface area contributed by atoms with Gasteiger partial charge in [0, 0.05) is 12.4 Å². The van der Waals surface area contributed by atoms with Crippen molar-refractivity contribution in [3.63, 3.8) is 0 Å². The molecule has 0 aromatic heterocycles. The zero-order valence-electron chi connectivity index (χ0n) is 13.7. The van der Waals surface area contributed by atoms with E-state index in [-0.39, 0.29) is 17.8 Å². The number of phenols is 1. The summed E-state index contributed by atoms with van der Waals surface area (Å²) in [6.45, 7) is 1.93. The number of anilines is 1. The Labute approximate surface area is 141 Å². The minimum Gasteiger partial charge on any atom is -0.508 e. The van der Waals surface area contributed by atoms with Gasteiger partial charge >= 0.3 is 6.03 Å². The largest absolute Gasteiger partial charge is 0.508 e. The van der Waals surface area contributed by atoms with Crippen molar-refractivity contribution in [2.75, 3.05) is 12.4 Å². The van der Waals surface area contributed by atoms with Crippen LogP contribution in [0.25, 0.3) is 10.8 Å². The van der Waals surface area contributed by atoms with Crippen LogP contribution in [0.15, 0.2) is 66.7 Å². The summed E-state index contributed by atoms with van der Waals surface area (Å²) in [5, 5.41) is 14.7. The van der Waals surface area contributed by atoms with E-state index >= 15 is 0 Å². The molecular weight excluding hydrogens is 300 g/mol. The number of hydrogen-bond donors (Lipinski definition) is 2. The number of amides is 2. The molecule has 122 valence electrons. The van der Waals surface area contributed by atoms with Crippen molar-refractivity contribution in [3.8, 4) is 5.75 Å². The molecule has 0 saturated heterocycles. The third-order valence-corrected chi connectivity index (χ3v) is 4.29. The molecule has 0 aliphatic carbocycles. The third-order valence-electron chi connectivity index (χ3n) is 4.29. The number of urea groups is 1. The van der Waals surface area contributed by atoms with E-state index in [2.05, 4.69) is 5.32 Å². The third kappa shape index (κ3) is 3.18. The van der Waals surface area contributed by atoms with Crippen LogP contribution < -0.4 is 5.32 Å². The van der Waals surface area contributed by atoms with Gasteiger partial charge in [-0.2, -0.15) is 0 Å². The summed E-state index contributed by atoms with van der Waals surface area (Å²) in [5.41, 5.74) is 1.67. The molecule has 0 fully saturated rings. The van der Waals surface area contributed by atoms with Crippen molar-refractivity contribution in [2.24, 2.45) is 0 Å². The first-order chi connectivity index (χ1) is 11.6. The highest BCUT2D eigenvalue weighted by atomic mass is 16.3. The highest BCUT2D eigenvalue weighted by Gasteiger charge is 2.18. The van der Waals surface area contributed by atoms with Crippen molar-refractivity contribution in [3.05, 3.63) is 72.3 Å². The lowest BCUT2D eigenvalue weighted by Crippen LogP contribution is -2.33. The van der Waals surface area contributed by atoms with Gasteiger partial charge in [-0.05, 0) is 36.1 Å². The molecular formula is C20H20N2O2. The molecule has 0 heterocycles. The maximum atomic E-state index is 12.6. The number of carbonyl (C=O) groups excluding carboxylic acids is 1. The molecule has 1 atom stereocenters. The number of benzene rings is 3. The van der Waals surface area contributed by atoms with E-state index < -0.39 is 0 Å². The molecule has 1 unspecified atom stereocenters. The molecule has 24 heavy (non-hydrogen) atoms. The summed E-state index contributed by atoms with van der Waals surface area (Å²) < 4.78 is 0. The van der Waals surface area contributed by atoms with Gasteiger partial charge in [-0.3, -0.25) is 0 Å². The Kier molecular flexibility index (Phi) is 4.38. The van der Waals surface area contributed by atoms with E-state index in [0.717, 1.165) is 22.0 Å². The predicted molar refractivity (Wildman–Crippen MR) is 97.3 cm³/mol. The van der Waals surface area contributed by atoms with E-state index in [4.69, 9.17) is 0 Å². The summed E-state index contributed by atoms with van der Waals surface area (Å²) in [5.74, 6) is 0.196. The molecule has 2 amide bonds. The number of aromatic hydroxyl groups is 1. The highest BCUT2D eigenvalue weighted by Crippen LogP contribution is 2.26. The number of carbonyl (C=O) groups is 1. The first kappa shape index (κ1) is 15.9. The molecule has 0 aliphatic heterocycles. The van der Waals surface area contributed by atoms with Crippen LogP contribution in [-0.2, 0) is 0 Å². The quantitative estimate of drug-likeness (QED) is 0.730. The van der Waals surface area contributed by atoms with Gasteiger partial charge in [-0.1, -0.05) is 48.5 Å². The van der Waals surface area contributed by atoms with Gasteiger partial charge in [0.1, 0.15) is 5.75 Å². The van der Waals surface area contributed by atoms with Gasteiger partial charge in [0.15, 0.2) is 0 Å². The first-order valence-electron chi connectivity index (χ1n) is 7.87. The smallest absolute Gasteiger partial charge is 0.322 e. The Morgan fingerprint density at radius 2 is 1.75 bits per heavy atom. The van der Waals surface area contributed by atoms with Crippen molar-refractivity contribution in [1.29, 1.82) is 0 Å². The van der Waals surface area contributed by atoms with Crippen LogP contribution in [0.4, 0.5) is 10.5 Å². The molecule has 0 radical (unpaired) electrons. The lowest BCUT2D eigenvalue weighted by molar-refractivity contribution is 0.208. The molecule has 2 N–H and O–H groups in total. The number of phenolic OH excluding ortho intramolecular Hbond substituents is 1. The molecule has 0 bridgehead atoms. The minimum absolute atomic E-state index is 0.160. The number of hydrogen-bond acceptors (Lipinski definition) is 2. The van der Waals surface area contributed by atoms with Crippen LogP contribution in [0.3, 0.4) is 0 Å². The highest BCUT2D eigenvalue weighted by molar-refractivity contribution is 6.01. The lowest BCUT2D eigenvalue weighted by Gasteiger charge is -2.26. The number of rotatable bonds is 3. The predicted octanol–water partition coefficient (Wildman–Crippen LogP) is 4.77. The van der Waals surface area contributed by atoms with Crippen LogP contribution >= 0.6 is 0 Å². The fourth-order valence-electron chi connectivity index (χ4n) is 2.72. The van der Waals surface area contributed by atoms with Crippen LogP contribution in [0.2, 0.25) is 0 Å². The average Bonchev–Trinajstić information content (AvgIpc) is 2.60. The Morgan fingerprint density at radius 3 is 2.54 bits per heavy atom. The van der Waals surface area contributed by atoms with E-state index in [9.17, 15) is 9.90 Å². The summed E-state index contributed by atoms with van der Waals surface area (Å²) in [4.78, 5) is 14.2. The number of fused-ring (bicyclic) bond motifs is 1. The van der Waals surface area contributed by atoms with Gasteiger partial charge in [0.25, 0.3) is 0 Å². The van der Waals surface area contributed by atoms with E-state index in [1.807, 2.05) is 55.5 Å². The van der Waals surface area contributed by atoms with Crippen LogP contribution in [0, 0.1) is 0 Å². The van der Waals surface area contributed by atoms with Gasteiger partial charge in [0.2, 0.25) is 0 Å². The average molecular weight is 320 g/mol. The standard InChI is InChI=1S/C20H20N2O2/c1-14(16-9-5-10-17(23)13-16)22(2)20(24)21-19-12-6-8-15-7-3-4-11-18(15)19/h3-14,23H,1-2H3,(H,21,24). The molecule has 3 aromatic carbocycles. The fourth-order valence-corrected chi connectivity index (χ4v) is 2.72. The maximum absolute atomic E-state index is 12.6. The molecule has 0 spiro atoms. The van der Waals surface area contributed by atoms with Crippen molar-refractivity contribution < 1.29 is 9.90 Å². The van der Waals surface area contributed by atoms with Gasteiger partial charge in [-0.25, -0.2) is 4.79 Å². The zero-order chi connectivity index (χ0) is 17.1. The van der Waals surface area contributed by atoms with E-state index in [1.165, 1.54) is 0 Å². The fraction of sp³-hybridized carbons (Fsp3) is 0.150. The Morgan fingerprint density at radius 1 is 1.04 bits per heavy atom. The van der Waals surface area contributed by atoms with Crippen molar-refractivity contribution in [1.82, 2.24) is 4.90 Å². The Bertz CT molecular complexity index is 871. The Hall–Kier alpha value is -3.01. The molecule has 0 aliphatic rings. The van der Waals surface area contributed by atoms with Crippen LogP contribution in [0.1, 0.15) is 18.5 Å². The summed E-state index contributed by atoms with van der Waals surface area (Å²) in [7, 11) is 1.75. The first-order valence-corrected chi connectivity index (χ1v) is 7.87. The van der Waals surface area contributed by atoms with Crippen LogP contribution in [-0.4, -0.2) is 23.1 Å². The van der Waals surface area contributed by atoms with E-state index in [0.29, 0.717) is 0 Å². The SMILES string of the molecule is CC(c1cccc(O)c1)N(C)C(=O)Nc1cccc2ccccc12. The molecule has 3 rings (SSSR count). The maximum Gasteiger partial charge on any atom is 0.322 e. The molecule has 0 saturated carbocycles. The second kappa shape index (κ2) is 6.62. The number of nitrogens with one attached hydrogen (secondary N) is 1. The van der Waals surface area contributed by atoms with Crippen molar-refractivity contribution in [2.45, 2.75) is 13.0 Å². The van der Waals surface area contributed by atoms with Gasteiger partial charge < -0.3 is 15.3 Å². The molecule has 4 nitrogen and oxygen atoms in total. The Balaban J connectivity index is 1.81.